The zero-order valence-electron chi connectivity index (χ0n) is 13.0. The van der Waals surface area contributed by atoms with Crippen LogP contribution in [0, 0.1) is 0 Å². The zero-order chi connectivity index (χ0) is 14.2. The lowest BCUT2D eigenvalue weighted by Crippen LogP contribution is -2.16. The first-order valence-corrected chi connectivity index (χ1v) is 8.16. The van der Waals surface area contributed by atoms with Gasteiger partial charge < -0.3 is 5.32 Å². The van der Waals surface area contributed by atoms with E-state index >= 15 is 0 Å². The first-order chi connectivity index (χ1) is 9.31. The van der Waals surface area contributed by atoms with Crippen molar-refractivity contribution in [3.63, 3.8) is 0 Å². The summed E-state index contributed by atoms with van der Waals surface area (Å²) in [5, 5.41) is 2.66. The van der Waals surface area contributed by atoms with Crippen molar-refractivity contribution in [3.05, 3.63) is 12.2 Å². The van der Waals surface area contributed by atoms with Crippen LogP contribution in [-0.2, 0) is 4.79 Å². The van der Waals surface area contributed by atoms with E-state index in [9.17, 15) is 4.79 Å². The summed E-state index contributed by atoms with van der Waals surface area (Å²) < 4.78 is 0. The number of nitrogens with one attached hydrogen (secondary N) is 1. The van der Waals surface area contributed by atoms with E-state index in [1.54, 1.807) is 7.05 Å². The molecule has 0 rings (SSSR count). The smallest absolute Gasteiger partial charge is 0.219 e. The van der Waals surface area contributed by atoms with Gasteiger partial charge in [0.2, 0.25) is 5.91 Å². The number of amides is 1. The molecule has 1 N–H and O–H groups in total. The third kappa shape index (κ3) is 15.2. The molecule has 0 spiro atoms. The molecule has 0 aromatic rings. The molecule has 0 aliphatic rings. The molecule has 0 radical (unpaired) electrons. The Kier molecular flexibility index (Phi) is 14.6. The number of allylic oxidation sites excluding steroid dienone is 2. The Bertz CT molecular complexity index is 223. The summed E-state index contributed by atoms with van der Waals surface area (Å²) in [4.78, 5) is 11.0. The number of carbonyl (C=O) groups is 1. The molecule has 0 heterocycles. The first-order valence-electron chi connectivity index (χ1n) is 8.16. The van der Waals surface area contributed by atoms with Crippen LogP contribution in [0.15, 0.2) is 12.2 Å². The molecule has 0 bridgehead atoms. The maximum absolute atomic E-state index is 11.0. The van der Waals surface area contributed by atoms with Crippen LogP contribution in [0.4, 0.5) is 0 Å². The van der Waals surface area contributed by atoms with Crippen LogP contribution in [0.5, 0.6) is 0 Å². The third-order valence-electron chi connectivity index (χ3n) is 3.44. The number of hydrogen-bond acceptors (Lipinski definition) is 1. The third-order valence-corrected chi connectivity index (χ3v) is 3.44. The van der Waals surface area contributed by atoms with Gasteiger partial charge in [0.15, 0.2) is 0 Å². The molecular weight excluding hydrogens is 234 g/mol. The van der Waals surface area contributed by atoms with Crippen molar-refractivity contribution >= 4 is 5.91 Å². The van der Waals surface area contributed by atoms with Crippen molar-refractivity contribution < 1.29 is 4.79 Å². The number of hydrogen-bond donors (Lipinski definition) is 1. The van der Waals surface area contributed by atoms with Gasteiger partial charge >= 0.3 is 0 Å². The Morgan fingerprint density at radius 1 is 0.842 bits per heavy atom. The number of unbranched alkanes of at least 4 members (excludes halogenated alkanes) is 9. The summed E-state index contributed by atoms with van der Waals surface area (Å²) in [5.74, 6) is 0.172. The Hall–Kier alpha value is -0.790. The van der Waals surface area contributed by atoms with Crippen LogP contribution in [0.25, 0.3) is 0 Å². The van der Waals surface area contributed by atoms with E-state index in [1.165, 1.54) is 64.2 Å². The molecule has 0 saturated heterocycles. The first kappa shape index (κ1) is 18.2. The standard InChI is InChI=1S/C17H33NO/c1-3-4-5-6-7-8-9-10-11-12-13-14-15-16-17(19)18-2/h8-9H,3-7,10-16H2,1-2H3,(H,18,19). The number of carbonyl (C=O) groups excluding carboxylic acids is 1. The molecule has 0 aliphatic heterocycles. The van der Waals surface area contributed by atoms with Crippen LogP contribution >= 0.6 is 0 Å². The maximum atomic E-state index is 11.0. The molecule has 0 unspecified atom stereocenters. The Morgan fingerprint density at radius 2 is 1.37 bits per heavy atom. The fourth-order valence-corrected chi connectivity index (χ4v) is 2.13. The van der Waals surface area contributed by atoms with Gasteiger partial charge in [0.05, 0.1) is 0 Å². The molecule has 2 nitrogen and oxygen atoms in total. The molecule has 19 heavy (non-hydrogen) atoms. The van der Waals surface area contributed by atoms with E-state index in [2.05, 4.69) is 24.4 Å². The summed E-state index contributed by atoms with van der Waals surface area (Å²) in [6.07, 6.45) is 19.4. The molecule has 0 atom stereocenters. The van der Waals surface area contributed by atoms with Crippen molar-refractivity contribution in [3.8, 4) is 0 Å². The molecule has 1 amide bonds. The highest BCUT2D eigenvalue weighted by atomic mass is 16.1. The van der Waals surface area contributed by atoms with Gasteiger partial charge in [-0.3, -0.25) is 4.79 Å². The lowest BCUT2D eigenvalue weighted by Gasteiger charge is -2.00. The Balaban J connectivity index is 3.09. The molecule has 0 aliphatic carbocycles. The summed E-state index contributed by atoms with van der Waals surface area (Å²) in [6, 6.07) is 0. The summed E-state index contributed by atoms with van der Waals surface area (Å²) >= 11 is 0. The van der Waals surface area contributed by atoms with Gasteiger partial charge in [-0.05, 0) is 32.1 Å². The molecule has 0 fully saturated rings. The zero-order valence-corrected chi connectivity index (χ0v) is 13.0. The lowest BCUT2D eigenvalue weighted by atomic mass is 10.1. The monoisotopic (exact) mass is 267 g/mol. The van der Waals surface area contributed by atoms with Gasteiger partial charge in [-0.15, -0.1) is 0 Å². The minimum atomic E-state index is 0.172. The highest BCUT2D eigenvalue weighted by Crippen LogP contribution is 2.08. The topological polar surface area (TPSA) is 29.1 Å². The van der Waals surface area contributed by atoms with Crippen LogP contribution in [0.1, 0.15) is 84.0 Å². The van der Waals surface area contributed by atoms with Crippen LogP contribution in [0.2, 0.25) is 0 Å². The lowest BCUT2D eigenvalue weighted by molar-refractivity contribution is -0.120. The Morgan fingerprint density at radius 3 is 1.95 bits per heavy atom. The highest BCUT2D eigenvalue weighted by molar-refractivity contribution is 5.75. The normalized spacial score (nSPS) is 11.1. The SMILES string of the molecule is CCCCCCC=CCCCCCCCC(=O)NC. The number of rotatable bonds is 13. The van der Waals surface area contributed by atoms with Gasteiger partial charge in [0.1, 0.15) is 0 Å². The predicted molar refractivity (Wildman–Crippen MR) is 84.3 cm³/mol. The van der Waals surface area contributed by atoms with Crippen LogP contribution in [-0.4, -0.2) is 13.0 Å². The molecule has 0 aromatic carbocycles. The predicted octanol–water partition coefficient (Wildman–Crippen LogP) is 4.99. The average Bonchev–Trinajstić information content (AvgIpc) is 2.43. The molecular formula is C17H33NO. The minimum absolute atomic E-state index is 0.172. The van der Waals surface area contributed by atoms with Gasteiger partial charge in [-0.2, -0.15) is 0 Å². The van der Waals surface area contributed by atoms with E-state index < -0.39 is 0 Å². The molecule has 112 valence electrons. The van der Waals surface area contributed by atoms with Crippen molar-refractivity contribution in [1.82, 2.24) is 5.32 Å². The maximum Gasteiger partial charge on any atom is 0.219 e. The quantitative estimate of drug-likeness (QED) is 0.369. The summed E-state index contributed by atoms with van der Waals surface area (Å²) in [7, 11) is 1.71. The van der Waals surface area contributed by atoms with Gasteiger partial charge in [0, 0.05) is 13.5 Å². The van der Waals surface area contributed by atoms with Crippen molar-refractivity contribution in [1.29, 1.82) is 0 Å². The van der Waals surface area contributed by atoms with E-state index in [4.69, 9.17) is 0 Å². The fourth-order valence-electron chi connectivity index (χ4n) is 2.13. The van der Waals surface area contributed by atoms with Crippen LogP contribution in [0.3, 0.4) is 0 Å². The second-order valence-corrected chi connectivity index (χ2v) is 5.30. The largest absolute Gasteiger partial charge is 0.359 e. The van der Waals surface area contributed by atoms with Gasteiger partial charge in [-0.1, -0.05) is 57.6 Å². The van der Waals surface area contributed by atoms with E-state index in [0.29, 0.717) is 6.42 Å². The minimum Gasteiger partial charge on any atom is -0.359 e. The van der Waals surface area contributed by atoms with E-state index in [0.717, 1.165) is 6.42 Å². The van der Waals surface area contributed by atoms with Crippen LogP contribution < -0.4 is 5.32 Å². The van der Waals surface area contributed by atoms with E-state index in [1.807, 2.05) is 0 Å². The van der Waals surface area contributed by atoms with E-state index in [-0.39, 0.29) is 5.91 Å². The molecule has 2 heteroatoms. The average molecular weight is 267 g/mol. The second kappa shape index (κ2) is 15.3. The van der Waals surface area contributed by atoms with Crippen molar-refractivity contribution in [2.24, 2.45) is 0 Å². The Labute approximate surface area is 120 Å². The molecule has 0 aromatic heterocycles. The fraction of sp³-hybridized carbons (Fsp3) is 0.824. The summed E-state index contributed by atoms with van der Waals surface area (Å²) in [5.41, 5.74) is 0. The van der Waals surface area contributed by atoms with Crippen molar-refractivity contribution in [2.75, 3.05) is 7.05 Å². The second-order valence-electron chi connectivity index (χ2n) is 5.30. The molecule has 0 saturated carbocycles. The summed E-state index contributed by atoms with van der Waals surface area (Å²) in [6.45, 7) is 2.25. The van der Waals surface area contributed by atoms with Crippen molar-refractivity contribution in [2.45, 2.75) is 84.0 Å². The van der Waals surface area contributed by atoms with Gasteiger partial charge in [-0.25, -0.2) is 0 Å². The van der Waals surface area contributed by atoms with Gasteiger partial charge in [0.25, 0.3) is 0 Å². The highest BCUT2D eigenvalue weighted by Gasteiger charge is 1.96.